The first-order chi connectivity index (χ1) is 19.3. The summed E-state index contributed by atoms with van der Waals surface area (Å²) in [4.78, 5) is 43.2. The number of carbonyl (C=O) groups is 3. The minimum absolute atomic E-state index is 0.0702. The maximum absolute atomic E-state index is 13.8. The van der Waals surface area contributed by atoms with Crippen LogP contribution in [0.5, 0.6) is 0 Å². The summed E-state index contributed by atoms with van der Waals surface area (Å²) in [5.41, 5.74) is -0.444. The van der Waals surface area contributed by atoms with Gasteiger partial charge in [0.1, 0.15) is 5.82 Å². The number of alkyl halides is 3. The van der Waals surface area contributed by atoms with Crippen molar-refractivity contribution in [1.82, 2.24) is 19.7 Å². The molecule has 1 saturated carbocycles. The molecule has 1 fully saturated rings. The number of amides is 1. The SMILES string of the molecule is O=C(CN(Cc1ccc(F)cc1)C(=O)c1cnn([C@H]2CC[C@H](C(=O)O)CC2)c1CC(F)(F)F)c1c(Cl)cncc1Cl. The van der Waals surface area contributed by atoms with E-state index in [-0.39, 0.29) is 53.4 Å². The zero-order valence-electron chi connectivity index (χ0n) is 21.4. The maximum Gasteiger partial charge on any atom is 0.394 e. The van der Waals surface area contributed by atoms with Crippen LogP contribution in [-0.2, 0) is 17.8 Å². The minimum atomic E-state index is -4.69. The molecule has 1 aliphatic rings. The second kappa shape index (κ2) is 12.6. The number of halogens is 6. The van der Waals surface area contributed by atoms with Gasteiger partial charge in [0.05, 0.1) is 58.0 Å². The van der Waals surface area contributed by atoms with Gasteiger partial charge in [-0.25, -0.2) is 4.39 Å². The molecule has 0 saturated heterocycles. The summed E-state index contributed by atoms with van der Waals surface area (Å²) in [5, 5.41) is 13.3. The number of benzene rings is 1. The average molecular weight is 615 g/mol. The largest absolute Gasteiger partial charge is 0.481 e. The molecule has 0 bridgehead atoms. The molecule has 0 atom stereocenters. The van der Waals surface area contributed by atoms with Crippen LogP contribution >= 0.6 is 23.2 Å². The van der Waals surface area contributed by atoms with E-state index in [2.05, 4.69) is 10.1 Å². The first-order valence-electron chi connectivity index (χ1n) is 12.6. The van der Waals surface area contributed by atoms with Gasteiger partial charge in [-0.2, -0.15) is 18.3 Å². The Morgan fingerprint density at radius 2 is 1.61 bits per heavy atom. The Morgan fingerprint density at radius 1 is 1.00 bits per heavy atom. The van der Waals surface area contributed by atoms with E-state index in [4.69, 9.17) is 23.2 Å². The normalized spacial score (nSPS) is 17.3. The van der Waals surface area contributed by atoms with Gasteiger partial charge in [-0.3, -0.25) is 24.0 Å². The summed E-state index contributed by atoms with van der Waals surface area (Å²) in [7, 11) is 0. The molecule has 0 radical (unpaired) electrons. The van der Waals surface area contributed by atoms with Crippen LogP contribution in [-0.4, -0.2) is 55.2 Å². The third-order valence-corrected chi connectivity index (χ3v) is 7.50. The van der Waals surface area contributed by atoms with E-state index in [1.807, 2.05) is 0 Å². The lowest BCUT2D eigenvalue weighted by Crippen LogP contribution is -2.36. The number of hydrogen-bond acceptors (Lipinski definition) is 5. The topological polar surface area (TPSA) is 105 Å². The first kappa shape index (κ1) is 30.4. The summed E-state index contributed by atoms with van der Waals surface area (Å²) in [6.45, 7) is -0.856. The third kappa shape index (κ3) is 7.42. The maximum atomic E-state index is 13.8. The lowest BCUT2D eigenvalue weighted by Gasteiger charge is -2.28. The van der Waals surface area contributed by atoms with Gasteiger partial charge < -0.3 is 10.0 Å². The van der Waals surface area contributed by atoms with Gasteiger partial charge in [-0.05, 0) is 43.4 Å². The molecular weight excluding hydrogens is 591 g/mol. The smallest absolute Gasteiger partial charge is 0.394 e. The molecule has 2 aromatic heterocycles. The number of ketones is 1. The Morgan fingerprint density at radius 3 is 2.17 bits per heavy atom. The molecule has 0 spiro atoms. The molecule has 4 rings (SSSR count). The molecule has 8 nitrogen and oxygen atoms in total. The Kier molecular flexibility index (Phi) is 9.33. The molecule has 0 aliphatic heterocycles. The summed E-state index contributed by atoms with van der Waals surface area (Å²) >= 11 is 12.2. The quantitative estimate of drug-likeness (QED) is 0.228. The van der Waals surface area contributed by atoms with E-state index in [9.17, 15) is 37.1 Å². The number of Topliss-reactive ketones (excluding diaryl/α,β-unsaturated/α-hetero) is 1. The molecular formula is C27H24Cl2F4N4O4. The number of nitrogens with zero attached hydrogens (tertiary/aromatic N) is 4. The number of pyridine rings is 1. The van der Waals surface area contributed by atoms with Crippen LogP contribution in [0.25, 0.3) is 0 Å². The number of aromatic nitrogens is 3. The first-order valence-corrected chi connectivity index (χ1v) is 13.3. The highest BCUT2D eigenvalue weighted by Gasteiger charge is 2.37. The summed E-state index contributed by atoms with van der Waals surface area (Å²) in [6.07, 6.45) is -1.69. The van der Waals surface area contributed by atoms with Crippen molar-refractivity contribution in [3.8, 4) is 0 Å². The van der Waals surface area contributed by atoms with Crippen molar-refractivity contribution in [2.45, 2.75) is 50.9 Å². The number of hydrogen-bond donors (Lipinski definition) is 1. The van der Waals surface area contributed by atoms with Crippen molar-refractivity contribution in [3.05, 3.63) is 81.1 Å². The fourth-order valence-corrected chi connectivity index (χ4v) is 5.50. The number of carbonyl (C=O) groups excluding carboxylic acids is 2. The van der Waals surface area contributed by atoms with E-state index in [0.29, 0.717) is 5.56 Å². The zero-order valence-corrected chi connectivity index (χ0v) is 22.9. The molecule has 2 heterocycles. The van der Waals surface area contributed by atoms with Gasteiger partial charge in [-0.1, -0.05) is 35.3 Å². The van der Waals surface area contributed by atoms with Crippen LogP contribution in [0.1, 0.15) is 63.7 Å². The van der Waals surface area contributed by atoms with Crippen LogP contribution in [0.4, 0.5) is 17.6 Å². The van der Waals surface area contributed by atoms with E-state index >= 15 is 0 Å². The molecule has 14 heteroatoms. The molecule has 1 amide bonds. The molecule has 3 aromatic rings. The van der Waals surface area contributed by atoms with Crippen molar-refractivity contribution >= 4 is 40.9 Å². The Balaban J connectivity index is 1.70. The second-order valence-electron chi connectivity index (χ2n) is 9.77. The van der Waals surface area contributed by atoms with Gasteiger partial charge in [0, 0.05) is 18.9 Å². The molecule has 218 valence electrons. The average Bonchev–Trinajstić information content (AvgIpc) is 3.30. The summed E-state index contributed by atoms with van der Waals surface area (Å²) < 4.78 is 55.8. The van der Waals surface area contributed by atoms with Gasteiger partial charge in [-0.15, -0.1) is 0 Å². The van der Waals surface area contributed by atoms with Gasteiger partial charge in [0.25, 0.3) is 5.91 Å². The van der Waals surface area contributed by atoms with E-state index < -0.39 is 60.3 Å². The highest BCUT2D eigenvalue weighted by molar-refractivity contribution is 6.39. The highest BCUT2D eigenvalue weighted by Crippen LogP contribution is 2.35. The van der Waals surface area contributed by atoms with Crippen LogP contribution in [0, 0.1) is 11.7 Å². The van der Waals surface area contributed by atoms with Crippen LogP contribution < -0.4 is 0 Å². The molecule has 0 unspecified atom stereocenters. The highest BCUT2D eigenvalue weighted by atomic mass is 35.5. The fourth-order valence-electron chi connectivity index (χ4n) is 4.92. The zero-order chi connectivity index (χ0) is 29.9. The van der Waals surface area contributed by atoms with Gasteiger partial charge in [0.15, 0.2) is 5.78 Å². The van der Waals surface area contributed by atoms with E-state index in [1.165, 1.54) is 24.5 Å². The summed E-state index contributed by atoms with van der Waals surface area (Å²) in [5.74, 6) is -3.70. The van der Waals surface area contributed by atoms with Crippen LogP contribution in [0.15, 0.2) is 42.9 Å². The Labute approximate surface area is 241 Å². The molecule has 1 aromatic carbocycles. The van der Waals surface area contributed by atoms with Crippen molar-refractivity contribution in [1.29, 1.82) is 0 Å². The number of carboxylic acids is 1. The van der Waals surface area contributed by atoms with Crippen LogP contribution in [0.2, 0.25) is 10.0 Å². The van der Waals surface area contributed by atoms with Crippen molar-refractivity contribution < 1.29 is 37.1 Å². The number of aliphatic carboxylic acids is 1. The third-order valence-electron chi connectivity index (χ3n) is 6.93. The van der Waals surface area contributed by atoms with Crippen molar-refractivity contribution in [3.63, 3.8) is 0 Å². The van der Waals surface area contributed by atoms with Crippen molar-refractivity contribution in [2.24, 2.45) is 5.92 Å². The fraction of sp³-hybridized carbons (Fsp3) is 0.370. The van der Waals surface area contributed by atoms with E-state index in [0.717, 1.165) is 27.9 Å². The molecule has 1 N–H and O–H groups in total. The van der Waals surface area contributed by atoms with Gasteiger partial charge >= 0.3 is 12.1 Å². The lowest BCUT2D eigenvalue weighted by molar-refractivity contribution is -0.143. The number of carboxylic acid groups (broad SMARTS) is 1. The summed E-state index contributed by atoms with van der Waals surface area (Å²) in [6, 6.07) is 4.53. The molecule has 41 heavy (non-hydrogen) atoms. The Hall–Kier alpha value is -3.51. The van der Waals surface area contributed by atoms with E-state index in [1.54, 1.807) is 0 Å². The predicted molar refractivity (Wildman–Crippen MR) is 140 cm³/mol. The lowest BCUT2D eigenvalue weighted by atomic mass is 9.86. The van der Waals surface area contributed by atoms with Crippen molar-refractivity contribution in [2.75, 3.05) is 6.54 Å². The standard InChI is InChI=1S/C27H24Cl2F4N4O4/c28-20-11-34-12-21(29)24(20)23(38)14-36(13-15-1-5-17(30)6-2-15)25(39)19-10-35-37(22(19)9-27(31,32)33)18-7-3-16(4-8-18)26(40)41/h1-2,5-6,10-12,16,18H,3-4,7-9,13-14H2,(H,40,41)/t16-,18-. The van der Waals surface area contributed by atoms with Crippen LogP contribution in [0.3, 0.4) is 0 Å². The predicted octanol–water partition coefficient (Wildman–Crippen LogP) is 6.17. The Bertz CT molecular complexity index is 1420. The second-order valence-corrected chi connectivity index (χ2v) is 10.6. The van der Waals surface area contributed by atoms with Gasteiger partial charge in [0.2, 0.25) is 0 Å². The number of rotatable bonds is 9. The monoisotopic (exact) mass is 614 g/mol. The molecule has 1 aliphatic carbocycles. The minimum Gasteiger partial charge on any atom is -0.481 e.